The van der Waals surface area contributed by atoms with Gasteiger partial charge in [0.15, 0.2) is 0 Å². The van der Waals surface area contributed by atoms with E-state index in [2.05, 4.69) is 4.98 Å². The summed E-state index contributed by atoms with van der Waals surface area (Å²) in [6.07, 6.45) is 3.28. The average Bonchev–Trinajstić information content (AvgIpc) is 2.67. The second kappa shape index (κ2) is 4.36. The molecule has 3 heteroatoms. The first-order valence-electron chi connectivity index (χ1n) is 4.59. The SMILES string of the molecule is C/C(F)=C\c1cc(-c2ccccn2)cs1. The minimum atomic E-state index is -0.176. The summed E-state index contributed by atoms with van der Waals surface area (Å²) >= 11 is 1.52. The van der Waals surface area contributed by atoms with Crippen LogP contribution in [0.4, 0.5) is 4.39 Å². The Balaban J connectivity index is 2.32. The number of aromatic nitrogens is 1. The van der Waals surface area contributed by atoms with Gasteiger partial charge in [0.25, 0.3) is 0 Å². The Kier molecular flexibility index (Phi) is 2.92. The molecule has 2 aromatic heterocycles. The second-order valence-electron chi connectivity index (χ2n) is 3.18. The third-order valence-electron chi connectivity index (χ3n) is 1.92. The number of hydrogen-bond acceptors (Lipinski definition) is 2. The van der Waals surface area contributed by atoms with Crippen LogP contribution in [0.25, 0.3) is 17.3 Å². The van der Waals surface area contributed by atoms with Gasteiger partial charge in [-0.05, 0) is 31.2 Å². The Labute approximate surface area is 91.9 Å². The van der Waals surface area contributed by atoms with Crippen molar-refractivity contribution in [3.8, 4) is 11.3 Å². The summed E-state index contributed by atoms with van der Waals surface area (Å²) in [5, 5.41) is 1.98. The number of allylic oxidation sites excluding steroid dienone is 1. The van der Waals surface area contributed by atoms with Crippen LogP contribution >= 0.6 is 11.3 Å². The number of pyridine rings is 1. The van der Waals surface area contributed by atoms with Crippen molar-refractivity contribution < 1.29 is 4.39 Å². The highest BCUT2D eigenvalue weighted by Gasteiger charge is 2.01. The first kappa shape index (κ1) is 10.1. The van der Waals surface area contributed by atoms with Gasteiger partial charge in [0.1, 0.15) is 0 Å². The van der Waals surface area contributed by atoms with Gasteiger partial charge in [-0.15, -0.1) is 11.3 Å². The fourth-order valence-corrected chi connectivity index (χ4v) is 2.17. The Morgan fingerprint density at radius 2 is 2.33 bits per heavy atom. The minimum Gasteiger partial charge on any atom is -0.256 e. The first-order valence-corrected chi connectivity index (χ1v) is 5.47. The van der Waals surface area contributed by atoms with E-state index in [1.165, 1.54) is 24.3 Å². The fraction of sp³-hybridized carbons (Fsp3) is 0.0833. The van der Waals surface area contributed by atoms with Gasteiger partial charge in [-0.1, -0.05) is 6.07 Å². The molecule has 15 heavy (non-hydrogen) atoms. The molecule has 0 saturated heterocycles. The van der Waals surface area contributed by atoms with Crippen LogP contribution in [0.15, 0.2) is 41.7 Å². The van der Waals surface area contributed by atoms with Gasteiger partial charge in [-0.2, -0.15) is 0 Å². The van der Waals surface area contributed by atoms with Crippen LogP contribution in [-0.4, -0.2) is 4.98 Å². The molecule has 0 radical (unpaired) electrons. The van der Waals surface area contributed by atoms with Crippen molar-refractivity contribution in [2.75, 3.05) is 0 Å². The molecule has 0 fully saturated rings. The molecule has 0 spiro atoms. The summed E-state index contributed by atoms with van der Waals surface area (Å²) in [6.45, 7) is 1.44. The van der Waals surface area contributed by atoms with Crippen LogP contribution in [0.5, 0.6) is 0 Å². The van der Waals surface area contributed by atoms with E-state index in [-0.39, 0.29) is 5.83 Å². The van der Waals surface area contributed by atoms with Crippen molar-refractivity contribution in [3.05, 3.63) is 46.5 Å². The molecule has 1 nitrogen and oxygen atoms in total. The highest BCUT2D eigenvalue weighted by molar-refractivity contribution is 7.11. The van der Waals surface area contributed by atoms with E-state index in [1.54, 1.807) is 6.20 Å². The molecule has 2 rings (SSSR count). The highest BCUT2D eigenvalue weighted by Crippen LogP contribution is 2.25. The fourth-order valence-electron chi connectivity index (χ4n) is 1.29. The van der Waals surface area contributed by atoms with Crippen LogP contribution in [-0.2, 0) is 0 Å². The molecule has 0 aliphatic heterocycles. The molecule has 0 unspecified atom stereocenters. The molecule has 0 amide bonds. The van der Waals surface area contributed by atoms with Gasteiger partial charge in [0.05, 0.1) is 11.5 Å². The van der Waals surface area contributed by atoms with Gasteiger partial charge in [-0.3, -0.25) is 4.98 Å². The minimum absolute atomic E-state index is 0.176. The third kappa shape index (κ3) is 2.50. The normalized spacial score (nSPS) is 11.7. The van der Waals surface area contributed by atoms with Gasteiger partial charge in [0, 0.05) is 22.0 Å². The van der Waals surface area contributed by atoms with E-state index in [0.29, 0.717) is 0 Å². The average molecular weight is 219 g/mol. The summed E-state index contributed by atoms with van der Waals surface area (Å²) in [5.74, 6) is -0.176. The molecule has 0 saturated carbocycles. The summed E-state index contributed by atoms with van der Waals surface area (Å²) in [5.41, 5.74) is 1.96. The maximum absolute atomic E-state index is 12.7. The lowest BCUT2D eigenvalue weighted by Gasteiger charge is -1.93. The largest absolute Gasteiger partial charge is 0.256 e. The van der Waals surface area contributed by atoms with Crippen LogP contribution in [0.2, 0.25) is 0 Å². The van der Waals surface area contributed by atoms with Crippen molar-refractivity contribution in [2.45, 2.75) is 6.92 Å². The standard InChI is InChI=1S/C12H10FNS/c1-9(13)6-11-7-10(8-15-11)12-4-2-3-5-14-12/h2-8H,1H3/b9-6+. The molecule has 0 bridgehead atoms. The quantitative estimate of drug-likeness (QED) is 0.739. The van der Waals surface area contributed by atoms with E-state index in [9.17, 15) is 4.39 Å². The van der Waals surface area contributed by atoms with Crippen molar-refractivity contribution in [1.82, 2.24) is 4.98 Å². The van der Waals surface area contributed by atoms with Crippen LogP contribution in [0.1, 0.15) is 11.8 Å². The molecule has 0 atom stereocenters. The Morgan fingerprint density at radius 1 is 1.47 bits per heavy atom. The Hall–Kier alpha value is -1.48. The second-order valence-corrected chi connectivity index (χ2v) is 4.13. The predicted molar refractivity (Wildman–Crippen MR) is 62.3 cm³/mol. The van der Waals surface area contributed by atoms with Crippen molar-refractivity contribution in [1.29, 1.82) is 0 Å². The lowest BCUT2D eigenvalue weighted by atomic mass is 10.2. The molecule has 2 aromatic rings. The lowest BCUT2D eigenvalue weighted by Crippen LogP contribution is -1.77. The number of thiophene rings is 1. The van der Waals surface area contributed by atoms with Gasteiger partial charge in [-0.25, -0.2) is 4.39 Å². The van der Waals surface area contributed by atoms with Crippen molar-refractivity contribution in [2.24, 2.45) is 0 Å². The zero-order valence-corrected chi connectivity index (χ0v) is 9.09. The molecular formula is C12H10FNS. The summed E-state index contributed by atoms with van der Waals surface area (Å²) in [7, 11) is 0. The predicted octanol–water partition coefficient (Wildman–Crippen LogP) is 4.14. The van der Waals surface area contributed by atoms with Crippen molar-refractivity contribution in [3.63, 3.8) is 0 Å². The molecule has 2 heterocycles. The van der Waals surface area contributed by atoms with E-state index >= 15 is 0 Å². The van der Waals surface area contributed by atoms with Crippen LogP contribution in [0.3, 0.4) is 0 Å². The molecule has 0 aliphatic rings. The molecular weight excluding hydrogens is 209 g/mol. The highest BCUT2D eigenvalue weighted by atomic mass is 32.1. The van der Waals surface area contributed by atoms with Gasteiger partial charge in [0.2, 0.25) is 0 Å². The van der Waals surface area contributed by atoms with Crippen molar-refractivity contribution >= 4 is 17.4 Å². The molecule has 0 aromatic carbocycles. The van der Waals surface area contributed by atoms with E-state index in [0.717, 1.165) is 16.1 Å². The number of hydrogen-bond donors (Lipinski definition) is 0. The molecule has 0 aliphatic carbocycles. The zero-order valence-electron chi connectivity index (χ0n) is 8.27. The molecule has 0 N–H and O–H groups in total. The Morgan fingerprint density at radius 3 is 3.00 bits per heavy atom. The van der Waals surface area contributed by atoms with Crippen LogP contribution < -0.4 is 0 Å². The summed E-state index contributed by atoms with van der Waals surface area (Å²) < 4.78 is 12.7. The Bertz CT molecular complexity index is 469. The maximum atomic E-state index is 12.7. The van der Waals surface area contributed by atoms with E-state index in [1.807, 2.05) is 29.6 Å². The summed E-state index contributed by atoms with van der Waals surface area (Å²) in [4.78, 5) is 5.15. The lowest BCUT2D eigenvalue weighted by molar-refractivity contribution is 0.648. The number of halogens is 1. The topological polar surface area (TPSA) is 12.9 Å². The smallest absolute Gasteiger partial charge is 0.0982 e. The van der Waals surface area contributed by atoms with Crippen LogP contribution in [0, 0.1) is 0 Å². The molecule has 76 valence electrons. The first-order chi connectivity index (χ1) is 7.25. The van der Waals surface area contributed by atoms with Gasteiger partial charge < -0.3 is 0 Å². The number of nitrogens with zero attached hydrogens (tertiary/aromatic N) is 1. The van der Waals surface area contributed by atoms with Gasteiger partial charge >= 0.3 is 0 Å². The monoisotopic (exact) mass is 219 g/mol. The summed E-state index contributed by atoms with van der Waals surface area (Å²) in [6, 6.07) is 7.70. The van der Waals surface area contributed by atoms with E-state index < -0.39 is 0 Å². The number of rotatable bonds is 2. The zero-order chi connectivity index (χ0) is 10.7. The third-order valence-corrected chi connectivity index (χ3v) is 2.80. The maximum Gasteiger partial charge on any atom is 0.0982 e. The van der Waals surface area contributed by atoms with E-state index in [4.69, 9.17) is 0 Å².